The molecular weight excluding hydrogens is 378 g/mol. The zero-order valence-corrected chi connectivity index (χ0v) is 14.6. The van der Waals surface area contributed by atoms with Gasteiger partial charge in [0.2, 0.25) is 5.13 Å². The van der Waals surface area contributed by atoms with Crippen LogP contribution in [0, 0.1) is 6.92 Å². The molecule has 0 aliphatic rings. The molecule has 0 bridgehead atoms. The number of carbonyl (C=O) groups excluding carboxylic acids is 1. The molecule has 0 radical (unpaired) electrons. The Hall–Kier alpha value is -1.18. The lowest BCUT2D eigenvalue weighted by molar-refractivity contribution is -0.118. The lowest BCUT2D eigenvalue weighted by Crippen LogP contribution is -2.20. The van der Waals surface area contributed by atoms with E-state index in [2.05, 4.69) is 31.4 Å². The van der Waals surface area contributed by atoms with E-state index in [0.717, 1.165) is 21.5 Å². The molecular formula is C13H13BrClN3O2S. The van der Waals surface area contributed by atoms with E-state index in [4.69, 9.17) is 16.3 Å². The van der Waals surface area contributed by atoms with E-state index in [1.807, 2.05) is 19.9 Å². The van der Waals surface area contributed by atoms with Crippen LogP contribution in [0.2, 0.25) is 5.02 Å². The molecule has 8 heteroatoms. The second-order valence-corrected chi connectivity index (χ2v) is 6.61. The van der Waals surface area contributed by atoms with Gasteiger partial charge in [0.15, 0.2) is 6.61 Å². The fraction of sp³-hybridized carbons (Fsp3) is 0.308. The standard InChI is InChI=1S/C13H13BrClN3O2S/c1-3-11-17-18-13(21-11)16-10(19)6-20-12-7(2)4-8(14)5-9(12)15/h4-5H,3,6H2,1-2H3,(H,16,18,19). The van der Waals surface area contributed by atoms with Crippen LogP contribution in [-0.4, -0.2) is 22.7 Å². The van der Waals surface area contributed by atoms with Gasteiger partial charge < -0.3 is 4.74 Å². The summed E-state index contributed by atoms with van der Waals surface area (Å²) in [4.78, 5) is 11.8. The highest BCUT2D eigenvalue weighted by Gasteiger charge is 2.11. The van der Waals surface area contributed by atoms with Crippen molar-refractivity contribution in [3.63, 3.8) is 0 Å². The van der Waals surface area contributed by atoms with Gasteiger partial charge in [0.25, 0.3) is 5.91 Å². The fourth-order valence-electron chi connectivity index (χ4n) is 1.61. The Morgan fingerprint density at radius 3 is 2.86 bits per heavy atom. The quantitative estimate of drug-likeness (QED) is 0.842. The maximum Gasteiger partial charge on any atom is 0.264 e. The van der Waals surface area contributed by atoms with E-state index in [0.29, 0.717) is 15.9 Å². The summed E-state index contributed by atoms with van der Waals surface area (Å²) in [6.07, 6.45) is 0.789. The van der Waals surface area contributed by atoms with Crippen molar-refractivity contribution in [2.75, 3.05) is 11.9 Å². The summed E-state index contributed by atoms with van der Waals surface area (Å²) in [6, 6.07) is 3.59. The third kappa shape index (κ3) is 4.39. The van der Waals surface area contributed by atoms with Crippen molar-refractivity contribution < 1.29 is 9.53 Å². The number of nitrogens with zero attached hydrogens (tertiary/aromatic N) is 2. The molecule has 0 aliphatic heterocycles. The molecule has 112 valence electrons. The average Bonchev–Trinajstić information content (AvgIpc) is 2.85. The van der Waals surface area contributed by atoms with Gasteiger partial charge in [-0.1, -0.05) is 45.8 Å². The second-order valence-electron chi connectivity index (χ2n) is 4.22. The molecule has 1 heterocycles. The smallest absolute Gasteiger partial charge is 0.264 e. The zero-order chi connectivity index (χ0) is 15.4. The number of nitrogens with one attached hydrogen (secondary N) is 1. The molecule has 1 aromatic heterocycles. The first-order chi connectivity index (χ1) is 9.99. The van der Waals surface area contributed by atoms with E-state index < -0.39 is 0 Å². The molecule has 0 unspecified atom stereocenters. The number of hydrogen-bond acceptors (Lipinski definition) is 5. The molecule has 0 aliphatic carbocycles. The van der Waals surface area contributed by atoms with Gasteiger partial charge in [-0.25, -0.2) is 0 Å². The number of carbonyl (C=O) groups is 1. The van der Waals surface area contributed by atoms with Gasteiger partial charge in [-0.05, 0) is 31.0 Å². The number of anilines is 1. The third-order valence-electron chi connectivity index (χ3n) is 2.56. The summed E-state index contributed by atoms with van der Waals surface area (Å²) in [5, 5.41) is 12.3. The summed E-state index contributed by atoms with van der Waals surface area (Å²) < 4.78 is 6.34. The van der Waals surface area contributed by atoms with Crippen molar-refractivity contribution in [2.45, 2.75) is 20.3 Å². The van der Waals surface area contributed by atoms with E-state index in [9.17, 15) is 4.79 Å². The number of amides is 1. The highest BCUT2D eigenvalue weighted by molar-refractivity contribution is 9.10. The first-order valence-electron chi connectivity index (χ1n) is 6.20. The SMILES string of the molecule is CCc1nnc(NC(=O)COc2c(C)cc(Br)cc2Cl)s1. The topological polar surface area (TPSA) is 64.1 Å². The van der Waals surface area contributed by atoms with Gasteiger partial charge in [-0.2, -0.15) is 0 Å². The highest BCUT2D eigenvalue weighted by Crippen LogP contribution is 2.31. The number of ether oxygens (including phenoxy) is 1. The Morgan fingerprint density at radius 1 is 1.48 bits per heavy atom. The first kappa shape index (κ1) is 16.2. The minimum Gasteiger partial charge on any atom is -0.482 e. The Labute approximate surface area is 139 Å². The number of hydrogen-bond donors (Lipinski definition) is 1. The molecule has 1 N–H and O–H groups in total. The number of rotatable bonds is 5. The second kappa shape index (κ2) is 7.20. The molecule has 5 nitrogen and oxygen atoms in total. The van der Waals surface area contributed by atoms with E-state index in [-0.39, 0.29) is 12.5 Å². The van der Waals surface area contributed by atoms with Crippen LogP contribution in [0.4, 0.5) is 5.13 Å². The molecule has 2 aromatic rings. The largest absolute Gasteiger partial charge is 0.482 e. The number of aromatic nitrogens is 2. The Kier molecular flexibility index (Phi) is 5.55. The van der Waals surface area contributed by atoms with Crippen molar-refractivity contribution in [1.29, 1.82) is 0 Å². The Morgan fingerprint density at radius 2 is 2.24 bits per heavy atom. The molecule has 21 heavy (non-hydrogen) atoms. The van der Waals surface area contributed by atoms with Crippen LogP contribution in [0.3, 0.4) is 0 Å². The molecule has 2 rings (SSSR count). The van der Waals surface area contributed by atoms with Crippen molar-refractivity contribution >= 4 is 49.9 Å². The number of aryl methyl sites for hydroxylation is 2. The van der Waals surface area contributed by atoms with Crippen LogP contribution in [0.15, 0.2) is 16.6 Å². The van der Waals surface area contributed by atoms with Gasteiger partial charge in [-0.15, -0.1) is 10.2 Å². The van der Waals surface area contributed by atoms with Crippen LogP contribution in [0.1, 0.15) is 17.5 Å². The summed E-state index contributed by atoms with van der Waals surface area (Å²) in [6.45, 7) is 3.71. The molecule has 0 atom stereocenters. The molecule has 0 saturated heterocycles. The Bertz CT molecular complexity index is 640. The minimum absolute atomic E-state index is 0.136. The summed E-state index contributed by atoms with van der Waals surface area (Å²) >= 11 is 10.8. The number of benzene rings is 1. The monoisotopic (exact) mass is 389 g/mol. The molecule has 0 spiro atoms. The van der Waals surface area contributed by atoms with Crippen molar-refractivity contribution in [3.05, 3.63) is 32.2 Å². The minimum atomic E-state index is -0.299. The van der Waals surface area contributed by atoms with Crippen LogP contribution in [-0.2, 0) is 11.2 Å². The van der Waals surface area contributed by atoms with Crippen LogP contribution in [0.25, 0.3) is 0 Å². The van der Waals surface area contributed by atoms with Gasteiger partial charge >= 0.3 is 0 Å². The molecule has 0 saturated carbocycles. The lowest BCUT2D eigenvalue weighted by Gasteiger charge is -2.10. The number of halogens is 2. The average molecular weight is 391 g/mol. The first-order valence-corrected chi connectivity index (χ1v) is 8.19. The van der Waals surface area contributed by atoms with Crippen LogP contribution >= 0.6 is 38.9 Å². The molecule has 0 fully saturated rings. The van der Waals surface area contributed by atoms with Crippen LogP contribution in [0.5, 0.6) is 5.75 Å². The predicted octanol–water partition coefficient (Wildman–Crippen LogP) is 3.84. The van der Waals surface area contributed by atoms with Gasteiger partial charge in [0, 0.05) is 4.47 Å². The Balaban J connectivity index is 1.95. The van der Waals surface area contributed by atoms with Gasteiger partial charge in [-0.3, -0.25) is 10.1 Å². The van der Waals surface area contributed by atoms with E-state index in [1.165, 1.54) is 11.3 Å². The van der Waals surface area contributed by atoms with Gasteiger partial charge in [0.05, 0.1) is 5.02 Å². The van der Waals surface area contributed by atoms with Gasteiger partial charge in [0.1, 0.15) is 10.8 Å². The van der Waals surface area contributed by atoms with E-state index in [1.54, 1.807) is 6.07 Å². The molecule has 1 aromatic carbocycles. The van der Waals surface area contributed by atoms with Crippen molar-refractivity contribution in [3.8, 4) is 5.75 Å². The lowest BCUT2D eigenvalue weighted by atomic mass is 10.2. The van der Waals surface area contributed by atoms with E-state index >= 15 is 0 Å². The predicted molar refractivity (Wildman–Crippen MR) is 87.3 cm³/mol. The highest BCUT2D eigenvalue weighted by atomic mass is 79.9. The maximum atomic E-state index is 11.8. The fourth-order valence-corrected chi connectivity index (χ4v) is 3.33. The van der Waals surface area contributed by atoms with Crippen molar-refractivity contribution in [2.24, 2.45) is 0 Å². The summed E-state index contributed by atoms with van der Waals surface area (Å²) in [5.74, 6) is 0.203. The van der Waals surface area contributed by atoms with Crippen molar-refractivity contribution in [1.82, 2.24) is 10.2 Å². The zero-order valence-electron chi connectivity index (χ0n) is 11.4. The normalized spacial score (nSPS) is 10.5. The maximum absolute atomic E-state index is 11.8. The summed E-state index contributed by atoms with van der Waals surface area (Å²) in [5.41, 5.74) is 0.853. The molecule has 1 amide bonds. The summed E-state index contributed by atoms with van der Waals surface area (Å²) in [7, 11) is 0. The van der Waals surface area contributed by atoms with Crippen LogP contribution < -0.4 is 10.1 Å². The third-order valence-corrected chi connectivity index (χ3v) is 4.28.